The molecule has 3 nitrogen and oxygen atoms in total. The Morgan fingerprint density at radius 1 is 1.45 bits per heavy atom. The van der Waals surface area contributed by atoms with Crippen molar-refractivity contribution in [3.63, 3.8) is 0 Å². The van der Waals surface area contributed by atoms with Crippen LogP contribution in [0.5, 0.6) is 0 Å². The highest BCUT2D eigenvalue weighted by Gasteiger charge is 2.33. The van der Waals surface area contributed by atoms with Crippen LogP contribution >= 0.6 is 0 Å². The molecular formula is C14H17F3N2O. The molecule has 1 aliphatic rings. The number of amides is 1. The predicted octanol–water partition coefficient (Wildman–Crippen LogP) is 3.16. The van der Waals surface area contributed by atoms with Crippen LogP contribution in [0.1, 0.15) is 35.7 Å². The highest BCUT2D eigenvalue weighted by Crippen LogP contribution is 2.32. The summed E-state index contributed by atoms with van der Waals surface area (Å²) in [6.07, 6.45) is -2.62. The van der Waals surface area contributed by atoms with Crippen LogP contribution in [0.4, 0.5) is 18.9 Å². The van der Waals surface area contributed by atoms with Crippen LogP contribution < -0.4 is 5.73 Å². The van der Waals surface area contributed by atoms with Crippen molar-refractivity contribution in [2.75, 3.05) is 18.8 Å². The first-order valence-electron chi connectivity index (χ1n) is 6.59. The molecule has 0 spiro atoms. The van der Waals surface area contributed by atoms with E-state index in [1.165, 1.54) is 0 Å². The number of carbonyl (C=O) groups is 1. The Hall–Kier alpha value is -1.72. The minimum atomic E-state index is -4.47. The summed E-state index contributed by atoms with van der Waals surface area (Å²) in [6.45, 7) is 3.20. The Bertz CT molecular complexity index is 514. The second-order valence-corrected chi connectivity index (χ2v) is 5.11. The first-order valence-corrected chi connectivity index (χ1v) is 6.59. The molecule has 1 saturated heterocycles. The quantitative estimate of drug-likeness (QED) is 0.849. The van der Waals surface area contributed by atoms with Crippen LogP contribution in [-0.4, -0.2) is 23.9 Å². The summed E-state index contributed by atoms with van der Waals surface area (Å²) >= 11 is 0. The van der Waals surface area contributed by atoms with Crippen molar-refractivity contribution in [3.8, 4) is 0 Å². The SMILES string of the molecule is CCC1CCN(C(=O)c2cc(C(F)(F)F)ccc2N)C1. The third-order valence-corrected chi connectivity index (χ3v) is 3.76. The minimum Gasteiger partial charge on any atom is -0.398 e. The van der Waals surface area contributed by atoms with Crippen LogP contribution in [0.2, 0.25) is 0 Å². The van der Waals surface area contributed by atoms with Crippen LogP contribution in [0, 0.1) is 5.92 Å². The monoisotopic (exact) mass is 286 g/mol. The van der Waals surface area contributed by atoms with Gasteiger partial charge in [0.15, 0.2) is 0 Å². The average Bonchev–Trinajstić information content (AvgIpc) is 2.86. The summed E-state index contributed by atoms with van der Waals surface area (Å²) in [5.41, 5.74) is 4.83. The largest absolute Gasteiger partial charge is 0.416 e. The zero-order valence-corrected chi connectivity index (χ0v) is 11.2. The maximum Gasteiger partial charge on any atom is 0.416 e. The van der Waals surface area contributed by atoms with Crippen LogP contribution in [0.15, 0.2) is 18.2 Å². The van der Waals surface area contributed by atoms with E-state index in [0.29, 0.717) is 19.0 Å². The zero-order chi connectivity index (χ0) is 14.9. The number of alkyl halides is 3. The molecule has 1 aliphatic heterocycles. The molecule has 1 atom stereocenters. The molecule has 1 heterocycles. The molecule has 1 amide bonds. The van der Waals surface area contributed by atoms with Crippen molar-refractivity contribution < 1.29 is 18.0 Å². The van der Waals surface area contributed by atoms with Gasteiger partial charge in [0.1, 0.15) is 0 Å². The number of nitrogen functional groups attached to an aromatic ring is 1. The molecule has 1 aromatic rings. The van der Waals surface area contributed by atoms with E-state index in [1.54, 1.807) is 4.90 Å². The Kier molecular flexibility index (Phi) is 3.92. The third kappa shape index (κ3) is 2.89. The number of anilines is 1. The second kappa shape index (κ2) is 5.34. The summed E-state index contributed by atoms with van der Waals surface area (Å²) in [5.74, 6) is 0.00974. The van der Waals surface area contributed by atoms with Gasteiger partial charge in [-0.1, -0.05) is 13.3 Å². The van der Waals surface area contributed by atoms with Gasteiger partial charge < -0.3 is 10.6 Å². The average molecular weight is 286 g/mol. The number of hydrogen-bond donors (Lipinski definition) is 1. The first kappa shape index (κ1) is 14.7. The summed E-state index contributed by atoms with van der Waals surface area (Å²) in [4.78, 5) is 13.9. The van der Waals surface area contributed by atoms with Crippen LogP contribution in [0.25, 0.3) is 0 Å². The molecule has 2 rings (SSSR count). The smallest absolute Gasteiger partial charge is 0.398 e. The van der Waals surface area contributed by atoms with Crippen LogP contribution in [-0.2, 0) is 6.18 Å². The number of rotatable bonds is 2. The lowest BCUT2D eigenvalue weighted by atomic mass is 10.1. The Balaban J connectivity index is 2.26. The molecule has 0 radical (unpaired) electrons. The molecule has 0 aromatic heterocycles. The van der Waals surface area contributed by atoms with Gasteiger partial charge in [0.2, 0.25) is 0 Å². The van der Waals surface area contributed by atoms with Gasteiger partial charge in [0, 0.05) is 18.8 Å². The van der Waals surface area contributed by atoms with E-state index in [0.717, 1.165) is 31.0 Å². The number of likely N-dealkylation sites (tertiary alicyclic amines) is 1. The fourth-order valence-corrected chi connectivity index (χ4v) is 2.44. The van der Waals surface area contributed by atoms with E-state index in [1.807, 2.05) is 6.92 Å². The lowest BCUT2D eigenvalue weighted by molar-refractivity contribution is -0.137. The lowest BCUT2D eigenvalue weighted by Crippen LogP contribution is -2.29. The van der Waals surface area contributed by atoms with Gasteiger partial charge in [-0.25, -0.2) is 0 Å². The second-order valence-electron chi connectivity index (χ2n) is 5.11. The Morgan fingerprint density at radius 3 is 2.70 bits per heavy atom. The maximum absolute atomic E-state index is 12.7. The first-order chi connectivity index (χ1) is 9.32. The highest BCUT2D eigenvalue weighted by atomic mass is 19.4. The number of nitrogens with two attached hydrogens (primary N) is 1. The van der Waals surface area contributed by atoms with Crippen molar-refractivity contribution in [1.29, 1.82) is 0 Å². The van der Waals surface area contributed by atoms with E-state index in [2.05, 4.69) is 0 Å². The molecule has 2 N–H and O–H groups in total. The lowest BCUT2D eigenvalue weighted by Gasteiger charge is -2.18. The standard InChI is InChI=1S/C14H17F3N2O/c1-2-9-5-6-19(8-9)13(20)11-7-10(14(15,16)17)3-4-12(11)18/h3-4,7,9H,2,5-6,8,18H2,1H3. The van der Waals surface area contributed by atoms with E-state index in [9.17, 15) is 18.0 Å². The van der Waals surface area contributed by atoms with Crippen molar-refractivity contribution in [2.45, 2.75) is 25.9 Å². The molecule has 0 saturated carbocycles. The van der Waals surface area contributed by atoms with Gasteiger partial charge >= 0.3 is 6.18 Å². The van der Waals surface area contributed by atoms with Crippen molar-refractivity contribution in [1.82, 2.24) is 4.90 Å². The van der Waals surface area contributed by atoms with Crippen molar-refractivity contribution in [3.05, 3.63) is 29.3 Å². The molecule has 1 aromatic carbocycles. The number of benzene rings is 1. The fourth-order valence-electron chi connectivity index (χ4n) is 2.44. The fraction of sp³-hybridized carbons (Fsp3) is 0.500. The summed E-state index contributed by atoms with van der Waals surface area (Å²) in [5, 5.41) is 0. The molecular weight excluding hydrogens is 269 g/mol. The molecule has 20 heavy (non-hydrogen) atoms. The Labute approximate surface area is 115 Å². The van der Waals surface area contributed by atoms with E-state index in [4.69, 9.17) is 5.73 Å². The van der Waals surface area contributed by atoms with Gasteiger partial charge in [0.25, 0.3) is 5.91 Å². The van der Waals surface area contributed by atoms with Crippen molar-refractivity contribution in [2.24, 2.45) is 5.92 Å². The summed E-state index contributed by atoms with van der Waals surface area (Å²) in [7, 11) is 0. The third-order valence-electron chi connectivity index (χ3n) is 3.76. The number of nitrogens with zero attached hydrogens (tertiary/aromatic N) is 1. The van der Waals surface area contributed by atoms with Crippen LogP contribution in [0.3, 0.4) is 0 Å². The minimum absolute atomic E-state index is 0.0587. The molecule has 110 valence electrons. The van der Waals surface area contributed by atoms with E-state index in [-0.39, 0.29) is 11.3 Å². The van der Waals surface area contributed by atoms with Gasteiger partial charge in [0.05, 0.1) is 11.1 Å². The normalized spacial score (nSPS) is 19.4. The maximum atomic E-state index is 12.7. The molecule has 0 aliphatic carbocycles. The van der Waals surface area contributed by atoms with Gasteiger partial charge in [-0.15, -0.1) is 0 Å². The predicted molar refractivity (Wildman–Crippen MR) is 70.2 cm³/mol. The zero-order valence-electron chi connectivity index (χ0n) is 11.2. The van der Waals surface area contributed by atoms with Crippen molar-refractivity contribution >= 4 is 11.6 Å². The Morgan fingerprint density at radius 2 is 2.15 bits per heavy atom. The number of hydrogen-bond acceptors (Lipinski definition) is 2. The number of halogens is 3. The molecule has 6 heteroatoms. The summed E-state index contributed by atoms with van der Waals surface area (Å²) < 4.78 is 38.1. The topological polar surface area (TPSA) is 46.3 Å². The van der Waals surface area contributed by atoms with E-state index < -0.39 is 17.6 Å². The van der Waals surface area contributed by atoms with Gasteiger partial charge in [-0.2, -0.15) is 13.2 Å². The van der Waals surface area contributed by atoms with Gasteiger partial charge in [-0.3, -0.25) is 4.79 Å². The molecule has 1 unspecified atom stereocenters. The van der Waals surface area contributed by atoms with Gasteiger partial charge in [-0.05, 0) is 30.5 Å². The number of carbonyl (C=O) groups excluding carboxylic acids is 1. The van der Waals surface area contributed by atoms with E-state index >= 15 is 0 Å². The highest BCUT2D eigenvalue weighted by molar-refractivity contribution is 5.99. The summed E-state index contributed by atoms with van der Waals surface area (Å²) in [6, 6.07) is 2.88. The molecule has 1 fully saturated rings. The molecule has 0 bridgehead atoms.